The van der Waals surface area contributed by atoms with Crippen LogP contribution in [0.3, 0.4) is 0 Å². The first-order valence-electron chi connectivity index (χ1n) is 7.61. The molecule has 2 N–H and O–H groups in total. The van der Waals surface area contributed by atoms with Crippen molar-refractivity contribution in [1.82, 2.24) is 14.9 Å². The lowest BCUT2D eigenvalue weighted by Gasteiger charge is -2.15. The Morgan fingerprint density at radius 1 is 1.12 bits per heavy atom. The van der Waals surface area contributed by atoms with Crippen LogP contribution in [0.15, 0.2) is 64.3 Å². The Kier molecular flexibility index (Phi) is 4.29. The summed E-state index contributed by atoms with van der Waals surface area (Å²) in [5.41, 5.74) is -0.104. The Morgan fingerprint density at radius 2 is 1.88 bits per heavy atom. The van der Waals surface area contributed by atoms with Crippen molar-refractivity contribution in [2.75, 3.05) is 0 Å². The lowest BCUT2D eigenvalue weighted by Crippen LogP contribution is -2.36. The molecule has 1 heterocycles. The molecular formula is C18H17N3O3. The van der Waals surface area contributed by atoms with Crippen molar-refractivity contribution < 1.29 is 4.79 Å². The van der Waals surface area contributed by atoms with Gasteiger partial charge in [0, 0.05) is 12.3 Å². The van der Waals surface area contributed by atoms with Gasteiger partial charge in [0.15, 0.2) is 0 Å². The molecule has 122 valence electrons. The summed E-state index contributed by atoms with van der Waals surface area (Å²) in [7, 11) is 0. The summed E-state index contributed by atoms with van der Waals surface area (Å²) in [6.07, 6.45) is 1.31. The molecule has 1 aromatic heterocycles. The minimum Gasteiger partial charge on any atom is -0.348 e. The van der Waals surface area contributed by atoms with Crippen molar-refractivity contribution in [2.24, 2.45) is 0 Å². The number of benzene rings is 2. The van der Waals surface area contributed by atoms with E-state index in [9.17, 15) is 14.4 Å². The van der Waals surface area contributed by atoms with Crippen molar-refractivity contribution >= 4 is 16.7 Å². The van der Waals surface area contributed by atoms with Gasteiger partial charge in [-0.15, -0.1) is 0 Å². The summed E-state index contributed by atoms with van der Waals surface area (Å²) in [6.45, 7) is 1.74. The molecule has 0 spiro atoms. The van der Waals surface area contributed by atoms with E-state index in [0.717, 1.165) is 20.9 Å². The molecule has 2 aromatic carbocycles. The van der Waals surface area contributed by atoms with Gasteiger partial charge in [-0.25, -0.2) is 4.79 Å². The summed E-state index contributed by atoms with van der Waals surface area (Å²) in [4.78, 5) is 36.9. The maximum Gasteiger partial charge on any atom is 0.328 e. The van der Waals surface area contributed by atoms with E-state index in [0.29, 0.717) is 0 Å². The maximum atomic E-state index is 12.1. The van der Waals surface area contributed by atoms with Crippen LogP contribution < -0.4 is 16.6 Å². The first-order valence-corrected chi connectivity index (χ1v) is 7.61. The highest BCUT2D eigenvalue weighted by atomic mass is 16.2. The monoisotopic (exact) mass is 323 g/mol. The fourth-order valence-electron chi connectivity index (χ4n) is 2.57. The van der Waals surface area contributed by atoms with Crippen LogP contribution in [0.1, 0.15) is 18.5 Å². The lowest BCUT2D eigenvalue weighted by atomic mass is 10.0. The average molecular weight is 323 g/mol. The van der Waals surface area contributed by atoms with E-state index in [-0.39, 0.29) is 18.5 Å². The van der Waals surface area contributed by atoms with Crippen molar-refractivity contribution in [3.63, 3.8) is 0 Å². The van der Waals surface area contributed by atoms with Gasteiger partial charge in [-0.2, -0.15) is 0 Å². The van der Waals surface area contributed by atoms with Crippen molar-refractivity contribution in [2.45, 2.75) is 19.5 Å². The quantitative estimate of drug-likeness (QED) is 0.764. The molecule has 1 atom stereocenters. The first-order chi connectivity index (χ1) is 11.5. The number of nitrogens with zero attached hydrogens (tertiary/aromatic N) is 1. The molecular weight excluding hydrogens is 306 g/mol. The fourth-order valence-corrected chi connectivity index (χ4v) is 2.57. The van der Waals surface area contributed by atoms with E-state index in [1.54, 1.807) is 0 Å². The SMILES string of the molecule is C[C@H](NC(=O)Cn1ccc(=O)[nH]c1=O)c1ccc2ccccc2c1. The standard InChI is InChI=1S/C18H17N3O3/c1-12(14-7-6-13-4-2-3-5-15(13)10-14)19-17(23)11-21-9-8-16(22)20-18(21)24/h2-10,12H,11H2,1H3,(H,19,23)(H,20,22,24)/t12-/m0/s1. The second kappa shape index (κ2) is 6.54. The Morgan fingerprint density at radius 3 is 2.62 bits per heavy atom. The Hall–Kier alpha value is -3.15. The van der Waals surface area contributed by atoms with E-state index in [1.165, 1.54) is 12.3 Å². The number of H-pyrrole nitrogens is 1. The van der Waals surface area contributed by atoms with Crippen LogP contribution in [0.4, 0.5) is 0 Å². The minimum absolute atomic E-state index is 0.145. The van der Waals surface area contributed by atoms with Gasteiger partial charge < -0.3 is 5.32 Å². The van der Waals surface area contributed by atoms with Gasteiger partial charge in [-0.05, 0) is 29.3 Å². The third kappa shape index (κ3) is 3.43. The van der Waals surface area contributed by atoms with E-state index in [4.69, 9.17) is 0 Å². The number of hydrogen-bond donors (Lipinski definition) is 2. The largest absolute Gasteiger partial charge is 0.348 e. The van der Waals surface area contributed by atoms with E-state index in [2.05, 4.69) is 10.3 Å². The van der Waals surface area contributed by atoms with Crippen LogP contribution in [0.5, 0.6) is 0 Å². The molecule has 0 aliphatic carbocycles. The number of nitrogens with one attached hydrogen (secondary N) is 2. The smallest absolute Gasteiger partial charge is 0.328 e. The van der Waals surface area contributed by atoms with Gasteiger partial charge in [-0.1, -0.05) is 36.4 Å². The highest BCUT2D eigenvalue weighted by Gasteiger charge is 2.11. The van der Waals surface area contributed by atoms with Crippen LogP contribution in [0.25, 0.3) is 10.8 Å². The van der Waals surface area contributed by atoms with Gasteiger partial charge in [0.2, 0.25) is 5.91 Å². The van der Waals surface area contributed by atoms with Crippen LogP contribution in [-0.4, -0.2) is 15.5 Å². The van der Waals surface area contributed by atoms with Crippen LogP contribution >= 0.6 is 0 Å². The Bertz CT molecular complexity index is 1000. The minimum atomic E-state index is -0.601. The van der Waals surface area contributed by atoms with Gasteiger partial charge >= 0.3 is 5.69 Å². The molecule has 1 amide bonds. The number of hydrogen-bond acceptors (Lipinski definition) is 3. The summed E-state index contributed by atoms with van der Waals surface area (Å²) < 4.78 is 1.16. The van der Waals surface area contributed by atoms with E-state index < -0.39 is 11.2 Å². The van der Waals surface area contributed by atoms with Crippen LogP contribution in [-0.2, 0) is 11.3 Å². The number of rotatable bonds is 4. The highest BCUT2D eigenvalue weighted by molar-refractivity contribution is 5.83. The number of carbonyl (C=O) groups is 1. The molecule has 0 radical (unpaired) electrons. The summed E-state index contributed by atoms with van der Waals surface area (Å²) in [5.74, 6) is -0.301. The molecule has 0 fully saturated rings. The predicted molar refractivity (Wildman–Crippen MR) is 91.8 cm³/mol. The second-order valence-electron chi connectivity index (χ2n) is 5.63. The van der Waals surface area contributed by atoms with Gasteiger partial charge in [0.1, 0.15) is 6.54 Å². The van der Waals surface area contributed by atoms with Crippen LogP contribution in [0, 0.1) is 0 Å². The summed E-state index contributed by atoms with van der Waals surface area (Å²) in [6, 6.07) is 15.0. The zero-order valence-corrected chi connectivity index (χ0v) is 13.2. The Balaban J connectivity index is 1.73. The molecule has 0 aliphatic rings. The number of aromatic nitrogens is 2. The van der Waals surface area contributed by atoms with Crippen molar-refractivity contribution in [3.05, 3.63) is 81.1 Å². The molecule has 6 nitrogen and oxygen atoms in total. The zero-order valence-electron chi connectivity index (χ0n) is 13.2. The number of fused-ring (bicyclic) bond motifs is 1. The highest BCUT2D eigenvalue weighted by Crippen LogP contribution is 2.20. The molecule has 6 heteroatoms. The first kappa shape index (κ1) is 15.7. The normalized spacial score (nSPS) is 12.0. The third-order valence-corrected chi connectivity index (χ3v) is 3.86. The average Bonchev–Trinajstić information content (AvgIpc) is 2.57. The summed E-state index contributed by atoms with van der Waals surface area (Å²) >= 11 is 0. The Labute approximate surface area is 137 Å². The van der Waals surface area contributed by atoms with Gasteiger partial charge in [0.25, 0.3) is 5.56 Å². The van der Waals surface area contributed by atoms with Crippen molar-refractivity contribution in [3.8, 4) is 0 Å². The zero-order chi connectivity index (χ0) is 17.1. The van der Waals surface area contributed by atoms with E-state index in [1.807, 2.05) is 49.4 Å². The molecule has 0 saturated heterocycles. The summed E-state index contributed by atoms with van der Waals surface area (Å²) in [5, 5.41) is 5.10. The topological polar surface area (TPSA) is 84.0 Å². The number of amides is 1. The molecule has 3 aromatic rings. The number of aromatic amines is 1. The fraction of sp³-hybridized carbons (Fsp3) is 0.167. The van der Waals surface area contributed by atoms with Crippen LogP contribution in [0.2, 0.25) is 0 Å². The molecule has 0 aliphatic heterocycles. The number of carbonyl (C=O) groups excluding carboxylic acids is 1. The second-order valence-corrected chi connectivity index (χ2v) is 5.63. The maximum absolute atomic E-state index is 12.1. The third-order valence-electron chi connectivity index (χ3n) is 3.86. The molecule has 24 heavy (non-hydrogen) atoms. The van der Waals surface area contributed by atoms with Gasteiger partial charge in [0.05, 0.1) is 6.04 Å². The lowest BCUT2D eigenvalue weighted by molar-refractivity contribution is -0.122. The molecule has 0 saturated carbocycles. The predicted octanol–water partition coefficient (Wildman–Crippen LogP) is 1.57. The van der Waals surface area contributed by atoms with Gasteiger partial charge in [-0.3, -0.25) is 19.1 Å². The van der Waals surface area contributed by atoms with E-state index >= 15 is 0 Å². The van der Waals surface area contributed by atoms with Crippen molar-refractivity contribution in [1.29, 1.82) is 0 Å². The molecule has 0 bridgehead atoms. The molecule has 3 rings (SSSR count). The molecule has 0 unspecified atom stereocenters.